The average Bonchev–Trinajstić information content (AvgIpc) is 2.85. The lowest BCUT2D eigenvalue weighted by Crippen LogP contribution is -2.27. The Kier molecular flexibility index (Phi) is 4.12. The van der Waals surface area contributed by atoms with E-state index in [1.807, 2.05) is 12.3 Å². The molecule has 3 nitrogen and oxygen atoms in total. The highest BCUT2D eigenvalue weighted by molar-refractivity contribution is 7.10. The first-order chi connectivity index (χ1) is 8.27. The van der Waals surface area contributed by atoms with Crippen LogP contribution in [0.3, 0.4) is 0 Å². The molecule has 0 aliphatic carbocycles. The van der Waals surface area contributed by atoms with E-state index in [-0.39, 0.29) is 5.56 Å². The van der Waals surface area contributed by atoms with E-state index in [1.165, 1.54) is 4.88 Å². The van der Waals surface area contributed by atoms with Crippen LogP contribution in [0.5, 0.6) is 0 Å². The second-order valence-corrected chi connectivity index (χ2v) is 4.90. The van der Waals surface area contributed by atoms with Gasteiger partial charge in [0.1, 0.15) is 0 Å². The van der Waals surface area contributed by atoms with Gasteiger partial charge in [-0.3, -0.25) is 4.79 Å². The van der Waals surface area contributed by atoms with Gasteiger partial charge < -0.3 is 9.88 Å². The number of nitrogens with one attached hydrogen (secondary N) is 1. The van der Waals surface area contributed by atoms with Crippen LogP contribution in [0.2, 0.25) is 0 Å². The lowest BCUT2D eigenvalue weighted by atomic mass is 10.3. The zero-order valence-electron chi connectivity index (χ0n) is 9.80. The Morgan fingerprint density at radius 1 is 1.35 bits per heavy atom. The van der Waals surface area contributed by atoms with Gasteiger partial charge in [0.05, 0.1) is 0 Å². The minimum absolute atomic E-state index is 0.0538. The number of rotatable bonds is 5. The van der Waals surface area contributed by atoms with Crippen LogP contribution in [-0.4, -0.2) is 11.1 Å². The van der Waals surface area contributed by atoms with Crippen molar-refractivity contribution >= 4 is 11.3 Å². The van der Waals surface area contributed by atoms with Crippen molar-refractivity contribution in [2.75, 3.05) is 6.54 Å². The Labute approximate surface area is 105 Å². The van der Waals surface area contributed by atoms with Gasteiger partial charge >= 0.3 is 0 Å². The molecule has 90 valence electrons. The van der Waals surface area contributed by atoms with Crippen molar-refractivity contribution in [3.63, 3.8) is 0 Å². The van der Waals surface area contributed by atoms with Crippen LogP contribution >= 0.6 is 11.3 Å². The largest absolute Gasteiger partial charge is 0.314 e. The molecule has 0 aliphatic rings. The predicted octanol–water partition coefficient (Wildman–Crippen LogP) is 2.26. The average molecular weight is 248 g/mol. The summed E-state index contributed by atoms with van der Waals surface area (Å²) in [6.07, 6.45) is 1.82. The highest BCUT2D eigenvalue weighted by Gasteiger charge is 2.04. The maximum Gasteiger partial charge on any atom is 0.250 e. The molecule has 1 atom stereocenters. The lowest BCUT2D eigenvalue weighted by molar-refractivity contribution is 0.529. The topological polar surface area (TPSA) is 34.0 Å². The monoisotopic (exact) mass is 248 g/mol. The molecule has 0 spiro atoms. The van der Waals surface area contributed by atoms with Gasteiger partial charge in [-0.25, -0.2) is 0 Å². The molecular formula is C13H16N2OS. The summed E-state index contributed by atoms with van der Waals surface area (Å²) in [5.74, 6) is 0. The van der Waals surface area contributed by atoms with E-state index < -0.39 is 0 Å². The van der Waals surface area contributed by atoms with Crippen LogP contribution in [0.4, 0.5) is 0 Å². The number of aromatic nitrogens is 1. The lowest BCUT2D eigenvalue weighted by Gasteiger charge is -2.12. The van der Waals surface area contributed by atoms with Gasteiger partial charge in [-0.1, -0.05) is 12.1 Å². The zero-order chi connectivity index (χ0) is 12.1. The minimum Gasteiger partial charge on any atom is -0.314 e. The van der Waals surface area contributed by atoms with Crippen LogP contribution < -0.4 is 10.9 Å². The Morgan fingerprint density at radius 3 is 2.94 bits per heavy atom. The summed E-state index contributed by atoms with van der Waals surface area (Å²) in [6.45, 7) is 3.64. The Bertz CT molecular complexity index is 504. The molecule has 0 saturated carbocycles. The molecule has 0 unspecified atom stereocenters. The van der Waals surface area contributed by atoms with E-state index in [9.17, 15) is 4.79 Å². The highest BCUT2D eigenvalue weighted by atomic mass is 32.1. The first kappa shape index (κ1) is 12.1. The third kappa shape index (κ3) is 3.28. The fourth-order valence-corrected chi connectivity index (χ4v) is 2.44. The highest BCUT2D eigenvalue weighted by Crippen LogP contribution is 2.17. The molecule has 0 saturated heterocycles. The third-order valence-corrected chi connectivity index (χ3v) is 3.73. The van der Waals surface area contributed by atoms with Gasteiger partial charge in [0.2, 0.25) is 0 Å². The Morgan fingerprint density at radius 2 is 2.24 bits per heavy atom. The molecular weight excluding hydrogens is 232 g/mol. The van der Waals surface area contributed by atoms with Crippen LogP contribution in [0.15, 0.2) is 46.7 Å². The second-order valence-electron chi connectivity index (χ2n) is 3.92. The first-order valence-corrected chi connectivity index (χ1v) is 6.57. The fourth-order valence-electron chi connectivity index (χ4n) is 1.69. The SMILES string of the molecule is C[C@@H](NCCn1ccccc1=O)c1cccs1. The van der Waals surface area contributed by atoms with Gasteiger partial charge in [0.15, 0.2) is 0 Å². The summed E-state index contributed by atoms with van der Waals surface area (Å²) in [5.41, 5.74) is 0.0538. The number of hydrogen-bond donors (Lipinski definition) is 1. The second kappa shape index (κ2) is 5.80. The van der Waals surface area contributed by atoms with Crippen LogP contribution in [0.25, 0.3) is 0 Å². The van der Waals surface area contributed by atoms with Gasteiger partial charge in [-0.05, 0) is 24.4 Å². The maximum absolute atomic E-state index is 11.5. The summed E-state index contributed by atoms with van der Waals surface area (Å²) < 4.78 is 1.72. The van der Waals surface area contributed by atoms with Crippen LogP contribution in [0.1, 0.15) is 17.8 Å². The summed E-state index contributed by atoms with van der Waals surface area (Å²) in [5, 5.41) is 5.49. The van der Waals surface area contributed by atoms with E-state index >= 15 is 0 Å². The maximum atomic E-state index is 11.5. The van der Waals surface area contributed by atoms with Crippen LogP contribution in [0, 0.1) is 0 Å². The van der Waals surface area contributed by atoms with Crippen LogP contribution in [-0.2, 0) is 6.54 Å². The molecule has 4 heteroatoms. The molecule has 0 fully saturated rings. The molecule has 0 aliphatic heterocycles. The molecule has 17 heavy (non-hydrogen) atoms. The summed E-state index contributed by atoms with van der Waals surface area (Å²) in [4.78, 5) is 12.8. The zero-order valence-corrected chi connectivity index (χ0v) is 10.6. The minimum atomic E-state index is 0.0538. The first-order valence-electron chi connectivity index (χ1n) is 5.69. The van der Waals surface area contributed by atoms with E-state index in [0.29, 0.717) is 12.6 Å². The molecule has 0 amide bonds. The molecule has 2 heterocycles. The quantitative estimate of drug-likeness (QED) is 0.880. The number of hydrogen-bond acceptors (Lipinski definition) is 3. The number of nitrogens with zero attached hydrogens (tertiary/aromatic N) is 1. The molecule has 2 aromatic heterocycles. The fraction of sp³-hybridized carbons (Fsp3) is 0.308. The van der Waals surface area contributed by atoms with Crippen molar-refractivity contribution in [2.24, 2.45) is 0 Å². The summed E-state index contributed by atoms with van der Waals surface area (Å²) in [7, 11) is 0. The molecule has 0 aromatic carbocycles. The molecule has 0 bridgehead atoms. The predicted molar refractivity (Wildman–Crippen MR) is 71.4 cm³/mol. The Balaban J connectivity index is 1.84. The van der Waals surface area contributed by atoms with Crippen molar-refractivity contribution < 1.29 is 0 Å². The van der Waals surface area contributed by atoms with Gasteiger partial charge in [0.25, 0.3) is 5.56 Å². The van der Waals surface area contributed by atoms with Gasteiger partial charge in [-0.2, -0.15) is 0 Å². The molecule has 2 rings (SSSR count). The van der Waals surface area contributed by atoms with Crippen molar-refractivity contribution in [1.82, 2.24) is 9.88 Å². The molecule has 0 radical (unpaired) electrons. The molecule has 1 N–H and O–H groups in total. The normalized spacial score (nSPS) is 12.5. The van der Waals surface area contributed by atoms with E-state index in [0.717, 1.165) is 6.54 Å². The standard InChI is InChI=1S/C13H16N2OS/c1-11(12-5-4-10-17-12)14-7-9-15-8-3-2-6-13(15)16/h2-6,8,10-11,14H,7,9H2,1H3/t11-/m1/s1. The van der Waals surface area contributed by atoms with Crippen molar-refractivity contribution in [3.05, 3.63) is 57.1 Å². The van der Waals surface area contributed by atoms with Gasteiger partial charge in [0, 0.05) is 36.3 Å². The smallest absolute Gasteiger partial charge is 0.250 e. The van der Waals surface area contributed by atoms with E-state index in [1.54, 1.807) is 28.0 Å². The van der Waals surface area contributed by atoms with Crippen molar-refractivity contribution in [3.8, 4) is 0 Å². The Hall–Kier alpha value is -1.39. The number of pyridine rings is 1. The molecule has 2 aromatic rings. The van der Waals surface area contributed by atoms with Gasteiger partial charge in [-0.15, -0.1) is 11.3 Å². The third-order valence-electron chi connectivity index (χ3n) is 2.67. The number of thiophene rings is 1. The summed E-state index contributed by atoms with van der Waals surface area (Å²) >= 11 is 1.75. The van der Waals surface area contributed by atoms with Crippen molar-refractivity contribution in [1.29, 1.82) is 0 Å². The van der Waals surface area contributed by atoms with Crippen molar-refractivity contribution in [2.45, 2.75) is 19.5 Å². The summed E-state index contributed by atoms with van der Waals surface area (Å²) in [6, 6.07) is 9.75. The van der Waals surface area contributed by atoms with E-state index in [4.69, 9.17) is 0 Å². The van der Waals surface area contributed by atoms with E-state index in [2.05, 4.69) is 29.8 Å².